The summed E-state index contributed by atoms with van der Waals surface area (Å²) in [6.45, 7) is 0. The van der Waals surface area contributed by atoms with Crippen LogP contribution in [0.4, 0.5) is 5.69 Å². The van der Waals surface area contributed by atoms with Crippen molar-refractivity contribution in [2.24, 2.45) is 0 Å². The number of sulfonamides is 1. The van der Waals surface area contributed by atoms with Crippen LogP contribution in [0.2, 0.25) is 20.1 Å². The average Bonchev–Trinajstić information content (AvgIpc) is 2.37. The molecule has 0 spiro atoms. The van der Waals surface area contributed by atoms with Crippen molar-refractivity contribution < 1.29 is 8.42 Å². The predicted octanol–water partition coefficient (Wildman–Crippen LogP) is 5.10. The smallest absolute Gasteiger partial charge is 0.261 e. The van der Waals surface area contributed by atoms with Crippen LogP contribution in [0.5, 0.6) is 0 Å². The molecule has 0 atom stereocenters. The van der Waals surface area contributed by atoms with Crippen LogP contribution in [-0.2, 0) is 10.0 Å². The van der Waals surface area contributed by atoms with E-state index in [9.17, 15) is 8.42 Å². The van der Waals surface area contributed by atoms with Gasteiger partial charge in [0, 0.05) is 0 Å². The number of hydrogen-bond donors (Lipinski definition) is 1. The zero-order chi connectivity index (χ0) is 14.9. The van der Waals surface area contributed by atoms with Gasteiger partial charge in [-0.3, -0.25) is 4.72 Å². The van der Waals surface area contributed by atoms with E-state index in [1.54, 1.807) is 0 Å². The quantitative estimate of drug-likeness (QED) is 0.816. The summed E-state index contributed by atoms with van der Waals surface area (Å²) in [5.41, 5.74) is 0.297. The van der Waals surface area contributed by atoms with E-state index in [4.69, 9.17) is 46.4 Å². The van der Waals surface area contributed by atoms with Gasteiger partial charge in [0.05, 0.1) is 30.7 Å². The lowest BCUT2D eigenvalue weighted by atomic mass is 10.3. The average molecular weight is 371 g/mol. The Morgan fingerprint density at radius 3 is 1.85 bits per heavy atom. The van der Waals surface area contributed by atoms with Crippen molar-refractivity contribution in [2.75, 3.05) is 4.72 Å². The molecule has 0 saturated heterocycles. The van der Waals surface area contributed by atoms with Gasteiger partial charge < -0.3 is 0 Å². The van der Waals surface area contributed by atoms with Crippen LogP contribution >= 0.6 is 46.4 Å². The van der Waals surface area contributed by atoms with Crippen LogP contribution in [0.25, 0.3) is 0 Å². The molecule has 0 fully saturated rings. The summed E-state index contributed by atoms with van der Waals surface area (Å²) < 4.78 is 26.7. The molecule has 0 aliphatic carbocycles. The highest BCUT2D eigenvalue weighted by molar-refractivity contribution is 7.92. The minimum Gasteiger partial charge on any atom is -0.280 e. The summed E-state index contributed by atoms with van der Waals surface area (Å²) in [6.07, 6.45) is 0. The molecular weight excluding hydrogens is 364 g/mol. The fourth-order valence-electron chi connectivity index (χ4n) is 1.42. The van der Waals surface area contributed by atoms with Crippen molar-refractivity contribution in [3.63, 3.8) is 0 Å². The maximum absolute atomic E-state index is 12.2. The van der Waals surface area contributed by atoms with Crippen molar-refractivity contribution in [3.05, 3.63) is 56.5 Å². The molecule has 0 radical (unpaired) electrons. The van der Waals surface area contributed by atoms with Gasteiger partial charge in [0.1, 0.15) is 0 Å². The predicted molar refractivity (Wildman–Crippen MR) is 83.7 cm³/mol. The van der Waals surface area contributed by atoms with E-state index < -0.39 is 10.0 Å². The SMILES string of the molecule is O=S(=O)(Nc1ccc(Cl)c(Cl)c1)c1ccc(Cl)c(Cl)c1. The van der Waals surface area contributed by atoms with Gasteiger partial charge in [-0.05, 0) is 36.4 Å². The number of hydrogen-bond acceptors (Lipinski definition) is 2. The Labute approximate surface area is 136 Å². The molecular formula is C12H7Cl4NO2S. The lowest BCUT2D eigenvalue weighted by Crippen LogP contribution is -2.12. The molecule has 2 rings (SSSR count). The number of benzene rings is 2. The van der Waals surface area contributed by atoms with Gasteiger partial charge in [-0.25, -0.2) is 8.42 Å². The summed E-state index contributed by atoms with van der Waals surface area (Å²) >= 11 is 23.2. The van der Waals surface area contributed by atoms with Gasteiger partial charge in [-0.15, -0.1) is 0 Å². The third-order valence-corrected chi connectivity index (χ3v) is 5.23. The second-order valence-electron chi connectivity index (χ2n) is 3.81. The topological polar surface area (TPSA) is 46.2 Å². The van der Waals surface area contributed by atoms with Crippen LogP contribution in [-0.4, -0.2) is 8.42 Å². The summed E-state index contributed by atoms with van der Waals surface area (Å²) in [5, 5.41) is 1.02. The van der Waals surface area contributed by atoms with Gasteiger partial charge in [0.2, 0.25) is 0 Å². The fourth-order valence-corrected chi connectivity index (χ4v) is 3.15. The lowest BCUT2D eigenvalue weighted by Gasteiger charge is -2.09. The highest BCUT2D eigenvalue weighted by Crippen LogP contribution is 2.28. The third-order valence-electron chi connectivity index (χ3n) is 2.37. The van der Waals surface area contributed by atoms with Crippen molar-refractivity contribution >= 4 is 62.1 Å². The highest BCUT2D eigenvalue weighted by atomic mass is 35.5. The number of anilines is 1. The van der Waals surface area contributed by atoms with E-state index in [1.807, 2.05) is 0 Å². The Morgan fingerprint density at radius 2 is 1.30 bits per heavy atom. The maximum atomic E-state index is 12.2. The van der Waals surface area contributed by atoms with Crippen molar-refractivity contribution in [3.8, 4) is 0 Å². The van der Waals surface area contributed by atoms with Crippen LogP contribution in [0, 0.1) is 0 Å². The van der Waals surface area contributed by atoms with Gasteiger partial charge in [-0.2, -0.15) is 0 Å². The molecule has 106 valence electrons. The van der Waals surface area contributed by atoms with Crippen LogP contribution in [0.15, 0.2) is 41.3 Å². The fraction of sp³-hybridized carbons (Fsp3) is 0. The van der Waals surface area contributed by atoms with Crippen LogP contribution in [0.3, 0.4) is 0 Å². The first-order valence-electron chi connectivity index (χ1n) is 5.22. The Morgan fingerprint density at radius 1 is 0.750 bits per heavy atom. The second-order valence-corrected chi connectivity index (χ2v) is 7.12. The van der Waals surface area contributed by atoms with Crippen molar-refractivity contribution in [1.82, 2.24) is 0 Å². The molecule has 0 aromatic heterocycles. The second kappa shape index (κ2) is 6.00. The summed E-state index contributed by atoms with van der Waals surface area (Å²) in [6, 6.07) is 8.45. The van der Waals surface area contributed by atoms with Crippen molar-refractivity contribution in [2.45, 2.75) is 4.90 Å². The number of halogens is 4. The van der Waals surface area contributed by atoms with Gasteiger partial charge in [0.25, 0.3) is 10.0 Å². The molecule has 0 unspecified atom stereocenters. The normalized spacial score (nSPS) is 11.4. The van der Waals surface area contributed by atoms with Gasteiger partial charge >= 0.3 is 0 Å². The molecule has 20 heavy (non-hydrogen) atoms. The van der Waals surface area contributed by atoms with Gasteiger partial charge in [0.15, 0.2) is 0 Å². The maximum Gasteiger partial charge on any atom is 0.261 e. The number of nitrogens with one attached hydrogen (secondary N) is 1. The first kappa shape index (κ1) is 15.7. The molecule has 0 heterocycles. The molecule has 8 heteroatoms. The third kappa shape index (κ3) is 3.51. The van der Waals surface area contributed by atoms with E-state index in [2.05, 4.69) is 4.72 Å². The minimum absolute atomic E-state index is 0.00188. The van der Waals surface area contributed by atoms with E-state index in [-0.39, 0.29) is 20.0 Å². The molecule has 2 aromatic carbocycles. The molecule has 0 aliphatic rings. The molecule has 2 aromatic rings. The Balaban J connectivity index is 2.35. The first-order chi connectivity index (χ1) is 9.29. The largest absolute Gasteiger partial charge is 0.280 e. The summed E-state index contributed by atoms with van der Waals surface area (Å²) in [4.78, 5) is -0.00188. The van der Waals surface area contributed by atoms with Crippen LogP contribution < -0.4 is 4.72 Å². The molecule has 0 aliphatic heterocycles. The molecule has 0 saturated carbocycles. The summed E-state index contributed by atoms with van der Waals surface area (Å²) in [5.74, 6) is 0. The van der Waals surface area contributed by atoms with E-state index in [0.29, 0.717) is 10.7 Å². The standard InChI is InChI=1S/C12H7Cl4NO2S/c13-9-3-1-7(5-11(9)15)17-20(18,19)8-2-4-10(14)12(16)6-8/h1-6,17H. The van der Waals surface area contributed by atoms with Crippen molar-refractivity contribution in [1.29, 1.82) is 0 Å². The zero-order valence-corrected chi connectivity index (χ0v) is 13.5. The Bertz CT molecular complexity index is 762. The molecule has 3 nitrogen and oxygen atoms in total. The van der Waals surface area contributed by atoms with Gasteiger partial charge in [-0.1, -0.05) is 46.4 Å². The van der Waals surface area contributed by atoms with E-state index >= 15 is 0 Å². The van der Waals surface area contributed by atoms with E-state index in [1.165, 1.54) is 36.4 Å². The molecule has 0 bridgehead atoms. The lowest BCUT2D eigenvalue weighted by molar-refractivity contribution is 0.601. The first-order valence-corrected chi connectivity index (χ1v) is 8.22. The highest BCUT2D eigenvalue weighted by Gasteiger charge is 2.16. The van der Waals surface area contributed by atoms with E-state index in [0.717, 1.165) is 0 Å². The monoisotopic (exact) mass is 369 g/mol. The molecule has 1 N–H and O–H groups in total. The van der Waals surface area contributed by atoms with Crippen LogP contribution in [0.1, 0.15) is 0 Å². The molecule has 0 amide bonds. The Hall–Kier alpha value is -0.650. The zero-order valence-electron chi connectivity index (χ0n) is 9.70. The minimum atomic E-state index is -3.78. The Kier molecular flexibility index (Phi) is 4.72. The summed E-state index contributed by atoms with van der Waals surface area (Å²) in [7, 11) is -3.78. The number of rotatable bonds is 3.